The second kappa shape index (κ2) is 7.06. The molecule has 3 aliphatic heterocycles. The maximum Gasteiger partial charge on any atom is 0.227 e. The number of carbonyl (C=O) groups excluding carboxylic acids is 1. The molecule has 1 amide bonds. The van der Waals surface area contributed by atoms with Crippen molar-refractivity contribution in [1.82, 2.24) is 19.9 Å². The van der Waals surface area contributed by atoms with Crippen LogP contribution in [0.3, 0.4) is 0 Å². The number of hydrogen-bond acceptors (Lipinski definition) is 5. The first-order valence-electron chi connectivity index (χ1n) is 9.92. The van der Waals surface area contributed by atoms with Gasteiger partial charge in [-0.2, -0.15) is 4.98 Å². The van der Waals surface area contributed by atoms with Gasteiger partial charge in [-0.25, -0.2) is 0 Å². The van der Waals surface area contributed by atoms with E-state index in [2.05, 4.69) is 33.8 Å². The van der Waals surface area contributed by atoms with Crippen LogP contribution in [-0.4, -0.2) is 51.5 Å². The van der Waals surface area contributed by atoms with E-state index in [0.29, 0.717) is 24.4 Å². The van der Waals surface area contributed by atoms with Gasteiger partial charge in [0.2, 0.25) is 11.8 Å². The van der Waals surface area contributed by atoms with Crippen LogP contribution in [-0.2, 0) is 17.8 Å². The molecule has 6 nitrogen and oxygen atoms in total. The molecule has 3 saturated heterocycles. The third kappa shape index (κ3) is 3.73. The van der Waals surface area contributed by atoms with E-state index in [4.69, 9.17) is 4.52 Å². The van der Waals surface area contributed by atoms with Crippen LogP contribution in [0.15, 0.2) is 4.52 Å². The van der Waals surface area contributed by atoms with Gasteiger partial charge in [0, 0.05) is 32.1 Å². The number of fused-ring (bicyclic) bond motifs is 4. The van der Waals surface area contributed by atoms with Gasteiger partial charge in [0.05, 0.1) is 12.5 Å². The van der Waals surface area contributed by atoms with Crippen molar-refractivity contribution < 1.29 is 9.32 Å². The lowest BCUT2D eigenvalue weighted by Crippen LogP contribution is -2.50. The quantitative estimate of drug-likeness (QED) is 0.792. The van der Waals surface area contributed by atoms with Crippen molar-refractivity contribution in [3.8, 4) is 0 Å². The average molecular weight is 346 g/mol. The van der Waals surface area contributed by atoms with Gasteiger partial charge in [0.15, 0.2) is 5.82 Å². The van der Waals surface area contributed by atoms with Gasteiger partial charge >= 0.3 is 0 Å². The number of rotatable bonds is 6. The summed E-state index contributed by atoms with van der Waals surface area (Å²) in [5, 5.41) is 4.15. The van der Waals surface area contributed by atoms with Gasteiger partial charge < -0.3 is 9.42 Å². The second-order valence-electron chi connectivity index (χ2n) is 8.61. The summed E-state index contributed by atoms with van der Waals surface area (Å²) in [5.41, 5.74) is 0. The monoisotopic (exact) mass is 346 g/mol. The molecule has 0 N–H and O–H groups in total. The lowest BCUT2D eigenvalue weighted by atomic mass is 9.83. The highest BCUT2D eigenvalue weighted by atomic mass is 16.5. The zero-order valence-corrected chi connectivity index (χ0v) is 15.5. The van der Waals surface area contributed by atoms with Crippen LogP contribution in [0, 0.1) is 17.8 Å². The second-order valence-corrected chi connectivity index (χ2v) is 8.61. The molecule has 4 heterocycles. The highest BCUT2D eigenvalue weighted by Gasteiger charge is 2.41. The zero-order valence-electron chi connectivity index (χ0n) is 15.5. The number of nitrogens with zero attached hydrogens (tertiary/aromatic N) is 4. The standard InChI is InChI=1S/C19H30N4O2/c1-13(2)8-18-20-17(21-25-18)12-22-10-15-6-7-16(11-22)23(19(15)24)9-14-4-3-5-14/h13-16H,3-12H2,1-2H3/t15-,16+/m0/s1. The predicted octanol–water partition coefficient (Wildman–Crippen LogP) is 2.49. The Kier molecular flexibility index (Phi) is 4.80. The molecule has 5 rings (SSSR count). The van der Waals surface area contributed by atoms with Crippen molar-refractivity contribution in [3.63, 3.8) is 0 Å². The summed E-state index contributed by atoms with van der Waals surface area (Å²) in [5.74, 6) is 3.29. The summed E-state index contributed by atoms with van der Waals surface area (Å²) >= 11 is 0. The van der Waals surface area contributed by atoms with E-state index in [1.54, 1.807) is 0 Å². The van der Waals surface area contributed by atoms with E-state index in [1.165, 1.54) is 19.3 Å². The fourth-order valence-electron chi connectivity index (χ4n) is 4.44. The Balaban J connectivity index is 1.40. The molecule has 0 unspecified atom stereocenters. The lowest BCUT2D eigenvalue weighted by molar-refractivity contribution is -0.141. The Bertz CT molecular complexity index is 610. The normalized spacial score (nSPS) is 27.8. The smallest absolute Gasteiger partial charge is 0.227 e. The fraction of sp³-hybridized carbons (Fsp3) is 0.842. The molecule has 1 aliphatic carbocycles. The van der Waals surface area contributed by atoms with Crippen molar-refractivity contribution >= 4 is 5.91 Å². The topological polar surface area (TPSA) is 62.5 Å². The average Bonchev–Trinajstić information content (AvgIpc) is 2.77. The Hall–Kier alpha value is -1.43. The Morgan fingerprint density at radius 3 is 2.76 bits per heavy atom. The first-order valence-corrected chi connectivity index (χ1v) is 9.92. The molecule has 6 heteroatoms. The van der Waals surface area contributed by atoms with Crippen molar-refractivity contribution in [2.24, 2.45) is 17.8 Å². The van der Waals surface area contributed by atoms with Crippen LogP contribution in [0.5, 0.6) is 0 Å². The Labute approximate surface area is 149 Å². The summed E-state index contributed by atoms with van der Waals surface area (Å²) in [4.78, 5) is 22.0. The first kappa shape index (κ1) is 17.0. The predicted molar refractivity (Wildman–Crippen MR) is 93.7 cm³/mol. The maximum atomic E-state index is 12.9. The number of piperidine rings is 1. The highest BCUT2D eigenvalue weighted by Crippen LogP contribution is 2.34. The molecular formula is C19H30N4O2. The third-order valence-corrected chi connectivity index (χ3v) is 6.01. The van der Waals surface area contributed by atoms with Crippen LogP contribution in [0.4, 0.5) is 0 Å². The van der Waals surface area contributed by atoms with E-state index in [-0.39, 0.29) is 5.92 Å². The molecule has 2 bridgehead atoms. The maximum absolute atomic E-state index is 12.9. The molecule has 1 aromatic rings. The Morgan fingerprint density at radius 2 is 2.04 bits per heavy atom. The summed E-state index contributed by atoms with van der Waals surface area (Å²) in [6.07, 6.45) is 6.94. The SMILES string of the molecule is CC(C)Cc1nc(CN2C[C@@H]3CC[C@H](C2)N(CC2CCC2)C3=O)no1. The van der Waals surface area contributed by atoms with Crippen molar-refractivity contribution in [3.05, 3.63) is 11.7 Å². The molecule has 4 fully saturated rings. The molecule has 0 radical (unpaired) electrons. The van der Waals surface area contributed by atoms with E-state index in [1.807, 2.05) is 0 Å². The minimum absolute atomic E-state index is 0.154. The largest absolute Gasteiger partial charge is 0.339 e. The number of hydrogen-bond donors (Lipinski definition) is 0. The van der Waals surface area contributed by atoms with Gasteiger partial charge in [-0.15, -0.1) is 0 Å². The van der Waals surface area contributed by atoms with E-state index >= 15 is 0 Å². The third-order valence-electron chi connectivity index (χ3n) is 6.01. The summed E-state index contributed by atoms with van der Waals surface area (Å²) in [7, 11) is 0. The lowest BCUT2D eigenvalue weighted by Gasteiger charge is -2.40. The van der Waals surface area contributed by atoms with Gasteiger partial charge in [-0.05, 0) is 37.5 Å². The van der Waals surface area contributed by atoms with Crippen LogP contribution >= 0.6 is 0 Å². The summed E-state index contributed by atoms with van der Waals surface area (Å²) in [6, 6.07) is 0.369. The van der Waals surface area contributed by atoms with E-state index in [9.17, 15) is 4.79 Å². The minimum atomic E-state index is 0.154. The number of aromatic nitrogens is 2. The molecule has 4 aliphatic rings. The molecule has 25 heavy (non-hydrogen) atoms. The van der Waals surface area contributed by atoms with Gasteiger partial charge in [0.25, 0.3) is 0 Å². The van der Waals surface area contributed by atoms with Crippen LogP contribution in [0.2, 0.25) is 0 Å². The molecule has 0 spiro atoms. The molecular weight excluding hydrogens is 316 g/mol. The van der Waals surface area contributed by atoms with Gasteiger partial charge in [0.1, 0.15) is 0 Å². The highest BCUT2D eigenvalue weighted by molar-refractivity contribution is 5.80. The molecule has 138 valence electrons. The molecule has 1 aromatic heterocycles. The molecule has 1 saturated carbocycles. The van der Waals surface area contributed by atoms with E-state index < -0.39 is 0 Å². The van der Waals surface area contributed by atoms with Crippen LogP contribution in [0.25, 0.3) is 0 Å². The zero-order chi connectivity index (χ0) is 17.4. The van der Waals surface area contributed by atoms with Gasteiger partial charge in [-0.1, -0.05) is 25.4 Å². The van der Waals surface area contributed by atoms with Crippen molar-refractivity contribution in [1.29, 1.82) is 0 Å². The number of amides is 1. The van der Waals surface area contributed by atoms with Crippen molar-refractivity contribution in [2.75, 3.05) is 19.6 Å². The minimum Gasteiger partial charge on any atom is -0.339 e. The molecule has 0 aromatic carbocycles. The summed E-state index contributed by atoms with van der Waals surface area (Å²) < 4.78 is 5.37. The van der Waals surface area contributed by atoms with Crippen LogP contribution < -0.4 is 0 Å². The number of carbonyl (C=O) groups is 1. The Morgan fingerprint density at radius 1 is 1.20 bits per heavy atom. The first-order chi connectivity index (χ1) is 12.1. The van der Waals surface area contributed by atoms with Crippen LogP contribution in [0.1, 0.15) is 57.7 Å². The van der Waals surface area contributed by atoms with Gasteiger partial charge in [-0.3, -0.25) is 9.69 Å². The van der Waals surface area contributed by atoms with E-state index in [0.717, 1.165) is 56.5 Å². The van der Waals surface area contributed by atoms with Crippen molar-refractivity contribution in [2.45, 2.75) is 65.0 Å². The summed E-state index contributed by atoms with van der Waals surface area (Å²) in [6.45, 7) is 7.76. The fourth-order valence-corrected chi connectivity index (χ4v) is 4.44. The molecule has 2 atom stereocenters.